The Balaban J connectivity index is 0.00000106. The summed E-state index contributed by atoms with van der Waals surface area (Å²) in [6.07, 6.45) is -0.536. The fourth-order valence-corrected chi connectivity index (χ4v) is 1.99. The Labute approximate surface area is 92.4 Å². The molecular formula is C9H21O5P. The average molecular weight is 242 g/mol. The molecule has 1 aliphatic rings. The molecule has 0 saturated carbocycles. The van der Waals surface area contributed by atoms with Crippen molar-refractivity contribution in [1.82, 2.24) is 0 Å². The second kappa shape index (κ2) is 6.61. The highest BCUT2D eigenvalue weighted by molar-refractivity contribution is 7.46. The molecular weight excluding hydrogens is 219 g/mol. The van der Waals surface area contributed by atoms with E-state index in [0.717, 1.165) is 0 Å². The van der Waals surface area contributed by atoms with Crippen LogP contribution in [0.2, 0.25) is 0 Å². The Kier molecular flexibility index (Phi) is 5.79. The molecule has 1 saturated heterocycles. The molecule has 6 heteroatoms. The number of rotatable bonds is 3. The van der Waals surface area contributed by atoms with E-state index in [-0.39, 0.29) is 5.92 Å². The minimum absolute atomic E-state index is 0.0825. The van der Waals surface area contributed by atoms with Gasteiger partial charge in [0.15, 0.2) is 0 Å². The summed E-state index contributed by atoms with van der Waals surface area (Å²) in [5, 5.41) is 0. The third kappa shape index (κ3) is 5.64. The number of hydrogen-bond acceptors (Lipinski definition) is 3. The minimum atomic E-state index is -4.46. The van der Waals surface area contributed by atoms with Crippen LogP contribution in [0.3, 0.4) is 0 Å². The average Bonchev–Trinajstić information content (AvgIpc) is 2.46. The Morgan fingerprint density at radius 2 is 2.13 bits per heavy atom. The van der Waals surface area contributed by atoms with E-state index in [0.29, 0.717) is 6.42 Å². The summed E-state index contributed by atoms with van der Waals surface area (Å²) in [7, 11) is -4.46. The molecule has 92 valence electrons. The molecule has 0 bridgehead atoms. The lowest BCUT2D eigenvalue weighted by Crippen LogP contribution is -2.29. The third-order valence-corrected chi connectivity index (χ3v) is 2.66. The Morgan fingerprint density at radius 3 is 2.47 bits per heavy atom. The van der Waals surface area contributed by atoms with Crippen LogP contribution >= 0.6 is 7.82 Å². The van der Waals surface area contributed by atoms with Gasteiger partial charge in [0.1, 0.15) is 0 Å². The van der Waals surface area contributed by atoms with Gasteiger partial charge in [-0.25, -0.2) is 4.57 Å². The van der Waals surface area contributed by atoms with Gasteiger partial charge in [-0.05, 0) is 19.3 Å². The number of phosphoric ester groups is 1. The van der Waals surface area contributed by atoms with Gasteiger partial charge in [-0.2, -0.15) is 0 Å². The Morgan fingerprint density at radius 1 is 1.60 bits per heavy atom. The molecule has 1 heterocycles. The van der Waals surface area contributed by atoms with E-state index in [1.54, 1.807) is 0 Å². The predicted molar refractivity (Wildman–Crippen MR) is 57.5 cm³/mol. The molecule has 0 radical (unpaired) electrons. The van der Waals surface area contributed by atoms with Crippen LogP contribution in [0.4, 0.5) is 0 Å². The first kappa shape index (κ1) is 13.1. The van der Waals surface area contributed by atoms with Crippen LogP contribution in [-0.4, -0.2) is 28.6 Å². The Bertz CT molecular complexity index is 244. The van der Waals surface area contributed by atoms with Crippen molar-refractivity contribution in [3.05, 3.63) is 0 Å². The molecule has 0 aliphatic carbocycles. The standard InChI is InChI=1S/C7H15O5P.C2H6/c1-5-3-4-11-7(5)6(2)12-13(8,9)10;1-2/h5-7H,3-4H2,1-2H3,(H2,8,9,10);1-2H3/t5-,6-,7-;/m0./s1/i4T;/t4-,5+,6+,7+;/m1.. The molecule has 0 amide bonds. The van der Waals surface area contributed by atoms with E-state index in [1.165, 1.54) is 6.92 Å². The van der Waals surface area contributed by atoms with Crippen LogP contribution in [0.25, 0.3) is 0 Å². The quantitative estimate of drug-likeness (QED) is 0.739. The fraction of sp³-hybridized carbons (Fsp3) is 1.00. The van der Waals surface area contributed by atoms with Crippen LogP contribution in [0.1, 0.15) is 35.5 Å². The zero-order valence-corrected chi connectivity index (χ0v) is 10.5. The molecule has 4 atom stereocenters. The summed E-state index contributed by atoms with van der Waals surface area (Å²) in [5.41, 5.74) is 0. The van der Waals surface area contributed by atoms with Crippen molar-refractivity contribution >= 4 is 7.82 Å². The van der Waals surface area contributed by atoms with Gasteiger partial charge in [0, 0.05) is 6.58 Å². The van der Waals surface area contributed by atoms with Gasteiger partial charge in [-0.3, -0.25) is 4.52 Å². The van der Waals surface area contributed by atoms with E-state index in [9.17, 15) is 4.57 Å². The lowest BCUT2D eigenvalue weighted by Gasteiger charge is -2.22. The van der Waals surface area contributed by atoms with E-state index in [2.05, 4.69) is 4.52 Å². The van der Waals surface area contributed by atoms with E-state index in [1.807, 2.05) is 20.8 Å². The lowest BCUT2D eigenvalue weighted by atomic mass is 10.0. The summed E-state index contributed by atoms with van der Waals surface area (Å²) < 4.78 is 27.6. The highest BCUT2D eigenvalue weighted by Gasteiger charge is 2.33. The maximum atomic E-state index is 10.6. The van der Waals surface area contributed by atoms with Crippen molar-refractivity contribution in [1.29, 1.82) is 0 Å². The zero-order chi connectivity index (χ0) is 12.9. The number of hydrogen-bond donors (Lipinski definition) is 2. The molecule has 2 N–H and O–H groups in total. The number of ether oxygens (including phenoxy) is 1. The van der Waals surface area contributed by atoms with Crippen molar-refractivity contribution in [2.24, 2.45) is 5.92 Å². The first-order valence-corrected chi connectivity index (χ1v) is 6.64. The van der Waals surface area contributed by atoms with Gasteiger partial charge in [0.25, 0.3) is 0 Å². The summed E-state index contributed by atoms with van der Waals surface area (Å²) >= 11 is 0. The van der Waals surface area contributed by atoms with Crippen LogP contribution in [0.5, 0.6) is 0 Å². The van der Waals surface area contributed by atoms with E-state index in [4.69, 9.17) is 15.9 Å². The number of phosphoric acid groups is 1. The van der Waals surface area contributed by atoms with Gasteiger partial charge < -0.3 is 14.5 Å². The first-order valence-electron chi connectivity index (χ1n) is 5.69. The van der Waals surface area contributed by atoms with Gasteiger partial charge in [-0.15, -0.1) is 0 Å². The van der Waals surface area contributed by atoms with Crippen LogP contribution < -0.4 is 0 Å². The largest absolute Gasteiger partial charge is 0.469 e. The molecule has 1 fully saturated rings. The molecule has 0 aromatic rings. The van der Waals surface area contributed by atoms with Crippen molar-refractivity contribution in [3.63, 3.8) is 0 Å². The van der Waals surface area contributed by atoms with Gasteiger partial charge in [0.2, 0.25) is 0 Å². The molecule has 5 nitrogen and oxygen atoms in total. The van der Waals surface area contributed by atoms with Crippen molar-refractivity contribution in [3.8, 4) is 0 Å². The van der Waals surface area contributed by atoms with Gasteiger partial charge in [-0.1, -0.05) is 20.8 Å². The monoisotopic (exact) mass is 242 g/mol. The highest BCUT2D eigenvalue weighted by atomic mass is 31.2. The van der Waals surface area contributed by atoms with E-state index >= 15 is 0 Å². The van der Waals surface area contributed by atoms with E-state index < -0.39 is 26.6 Å². The minimum Gasteiger partial charge on any atom is -0.375 e. The molecule has 0 unspecified atom stereocenters. The lowest BCUT2D eigenvalue weighted by molar-refractivity contribution is -0.00684. The second-order valence-electron chi connectivity index (χ2n) is 3.28. The second-order valence-corrected chi connectivity index (χ2v) is 4.47. The Hall–Kier alpha value is 0.0700. The summed E-state index contributed by atoms with van der Waals surface area (Å²) in [5.74, 6) is 0.0825. The fourth-order valence-electron chi connectivity index (χ4n) is 1.44. The van der Waals surface area contributed by atoms with Crippen LogP contribution in [-0.2, 0) is 13.8 Å². The normalized spacial score (nSPS) is 34.0. The molecule has 0 aromatic carbocycles. The summed E-state index contributed by atoms with van der Waals surface area (Å²) in [6.45, 7) is 6.80. The molecule has 0 spiro atoms. The SMILES string of the molecule is CC.[3H][C@@H]1C[C@H](C)[C@@H]([C@H](C)OP(=O)(O)O)O1. The molecule has 1 aliphatic heterocycles. The molecule has 15 heavy (non-hydrogen) atoms. The molecule has 0 aromatic heterocycles. The van der Waals surface area contributed by atoms with Gasteiger partial charge in [0.05, 0.1) is 13.6 Å². The van der Waals surface area contributed by atoms with Crippen LogP contribution in [0.15, 0.2) is 0 Å². The van der Waals surface area contributed by atoms with Crippen molar-refractivity contribution in [2.75, 3.05) is 6.58 Å². The summed E-state index contributed by atoms with van der Waals surface area (Å²) in [6, 6.07) is 0. The predicted octanol–water partition coefficient (Wildman–Crippen LogP) is 1.94. The maximum Gasteiger partial charge on any atom is 0.469 e. The first-order chi connectivity index (χ1) is 7.29. The van der Waals surface area contributed by atoms with Crippen LogP contribution in [0, 0.1) is 5.92 Å². The zero-order valence-electron chi connectivity index (χ0n) is 10.6. The smallest absolute Gasteiger partial charge is 0.375 e. The van der Waals surface area contributed by atoms with Crippen molar-refractivity contribution < 1.29 is 25.0 Å². The maximum absolute atomic E-state index is 10.6. The van der Waals surface area contributed by atoms with Crippen molar-refractivity contribution in [2.45, 2.75) is 46.3 Å². The third-order valence-electron chi connectivity index (χ3n) is 2.05. The van der Waals surface area contributed by atoms with Gasteiger partial charge >= 0.3 is 7.82 Å². The topological polar surface area (TPSA) is 76.0 Å². The highest BCUT2D eigenvalue weighted by Crippen LogP contribution is 2.40. The molecule has 1 rings (SSSR count). The summed E-state index contributed by atoms with van der Waals surface area (Å²) in [4.78, 5) is 17.2.